The minimum Gasteiger partial charge on any atom is -0.313 e. The maximum atomic E-state index is 3.47. The summed E-state index contributed by atoms with van der Waals surface area (Å²) in [6, 6.07) is 7.52. The number of aryl methyl sites for hydroxylation is 2. The van der Waals surface area contributed by atoms with E-state index in [9.17, 15) is 0 Å². The Bertz CT molecular complexity index is 357. The number of nitrogens with one attached hydrogen (secondary N) is 1. The molecule has 0 spiro atoms. The van der Waals surface area contributed by atoms with E-state index < -0.39 is 0 Å². The molecule has 18 heavy (non-hydrogen) atoms. The Labute approximate surface area is 113 Å². The minimum absolute atomic E-state index is 0.496. The van der Waals surface area contributed by atoms with Crippen LogP contribution in [0.3, 0.4) is 0 Å². The van der Waals surface area contributed by atoms with Crippen LogP contribution in [-0.4, -0.2) is 7.05 Å². The van der Waals surface area contributed by atoms with Gasteiger partial charge in [-0.25, -0.2) is 0 Å². The highest BCUT2D eigenvalue weighted by Gasteiger charge is 2.13. The van der Waals surface area contributed by atoms with Crippen LogP contribution in [0.4, 0.5) is 0 Å². The normalized spacial score (nSPS) is 14.5. The zero-order chi connectivity index (χ0) is 13.5. The maximum absolute atomic E-state index is 3.47. The van der Waals surface area contributed by atoms with Crippen molar-refractivity contribution in [2.75, 3.05) is 7.05 Å². The zero-order valence-corrected chi connectivity index (χ0v) is 12.7. The Morgan fingerprint density at radius 1 is 1.06 bits per heavy atom. The van der Waals surface area contributed by atoms with E-state index in [2.05, 4.69) is 58.3 Å². The quantitative estimate of drug-likeness (QED) is 0.747. The van der Waals surface area contributed by atoms with E-state index in [4.69, 9.17) is 0 Å². The van der Waals surface area contributed by atoms with Crippen molar-refractivity contribution in [1.82, 2.24) is 5.32 Å². The lowest BCUT2D eigenvalue weighted by atomic mass is 9.91. The maximum Gasteiger partial charge on any atom is 0.0320 e. The topological polar surface area (TPSA) is 12.0 Å². The van der Waals surface area contributed by atoms with Crippen molar-refractivity contribution < 1.29 is 0 Å². The van der Waals surface area contributed by atoms with E-state index in [1.807, 2.05) is 0 Å². The highest BCUT2D eigenvalue weighted by atomic mass is 14.9. The number of hydrogen-bond acceptors (Lipinski definition) is 1. The van der Waals surface area contributed by atoms with Gasteiger partial charge in [0.15, 0.2) is 0 Å². The zero-order valence-electron chi connectivity index (χ0n) is 12.7. The average Bonchev–Trinajstić information content (AvgIpc) is 2.43. The summed E-state index contributed by atoms with van der Waals surface area (Å²) >= 11 is 0. The van der Waals surface area contributed by atoms with Crippen molar-refractivity contribution in [3.05, 3.63) is 34.9 Å². The number of hydrogen-bond donors (Lipinski definition) is 1. The fraction of sp³-hybridized carbons (Fsp3) is 0.647. The first-order valence-corrected chi connectivity index (χ1v) is 7.45. The smallest absolute Gasteiger partial charge is 0.0320 e. The van der Waals surface area contributed by atoms with Crippen LogP contribution in [0.15, 0.2) is 18.2 Å². The van der Waals surface area contributed by atoms with Gasteiger partial charge in [0.05, 0.1) is 0 Å². The van der Waals surface area contributed by atoms with E-state index in [0.29, 0.717) is 6.04 Å². The first kappa shape index (κ1) is 15.2. The second-order valence-electron chi connectivity index (χ2n) is 5.33. The van der Waals surface area contributed by atoms with Gasteiger partial charge in [-0.3, -0.25) is 0 Å². The molecule has 0 aliphatic carbocycles. The Kier molecular flexibility index (Phi) is 6.42. The van der Waals surface area contributed by atoms with Crippen molar-refractivity contribution in [3.8, 4) is 0 Å². The molecule has 0 fully saturated rings. The third-order valence-corrected chi connectivity index (χ3v) is 4.08. The fourth-order valence-corrected chi connectivity index (χ4v) is 2.53. The molecule has 2 unspecified atom stereocenters. The standard InChI is InChI=1S/C17H29N/c1-6-13(4)11-17(18-5)16-10-9-14(7-2)15(8-3)12-16/h9-10,12-13,17-18H,6-8,11H2,1-5H3. The van der Waals surface area contributed by atoms with Crippen LogP contribution < -0.4 is 5.32 Å². The van der Waals surface area contributed by atoms with Gasteiger partial charge in [0.2, 0.25) is 0 Å². The molecule has 1 rings (SSSR count). The van der Waals surface area contributed by atoms with Crippen LogP contribution in [-0.2, 0) is 12.8 Å². The van der Waals surface area contributed by atoms with Gasteiger partial charge in [-0.05, 0) is 48.9 Å². The highest BCUT2D eigenvalue weighted by Crippen LogP contribution is 2.25. The third-order valence-electron chi connectivity index (χ3n) is 4.08. The van der Waals surface area contributed by atoms with Gasteiger partial charge in [0.25, 0.3) is 0 Å². The summed E-state index contributed by atoms with van der Waals surface area (Å²) in [5.41, 5.74) is 4.46. The first-order valence-electron chi connectivity index (χ1n) is 7.45. The van der Waals surface area contributed by atoms with Crippen LogP contribution >= 0.6 is 0 Å². The summed E-state index contributed by atoms with van der Waals surface area (Å²) in [4.78, 5) is 0. The Morgan fingerprint density at radius 2 is 1.72 bits per heavy atom. The predicted molar refractivity (Wildman–Crippen MR) is 81.1 cm³/mol. The summed E-state index contributed by atoms with van der Waals surface area (Å²) in [6.45, 7) is 9.10. The average molecular weight is 247 g/mol. The van der Waals surface area contributed by atoms with Crippen LogP contribution in [0.25, 0.3) is 0 Å². The molecule has 0 aliphatic heterocycles. The van der Waals surface area contributed by atoms with Gasteiger partial charge in [-0.2, -0.15) is 0 Å². The predicted octanol–water partition coefficient (Wildman–Crippen LogP) is 4.51. The molecule has 0 saturated heterocycles. The second kappa shape index (κ2) is 7.58. The lowest BCUT2D eigenvalue weighted by molar-refractivity contribution is 0.422. The highest BCUT2D eigenvalue weighted by molar-refractivity contribution is 5.33. The van der Waals surface area contributed by atoms with Gasteiger partial charge < -0.3 is 5.32 Å². The number of rotatable bonds is 7. The van der Waals surface area contributed by atoms with Crippen molar-refractivity contribution in [2.45, 2.75) is 59.4 Å². The summed E-state index contributed by atoms with van der Waals surface area (Å²) in [7, 11) is 2.08. The fourth-order valence-electron chi connectivity index (χ4n) is 2.53. The minimum atomic E-state index is 0.496. The SMILES string of the molecule is CCc1ccc(C(CC(C)CC)NC)cc1CC. The Balaban J connectivity index is 2.92. The van der Waals surface area contributed by atoms with Crippen molar-refractivity contribution in [3.63, 3.8) is 0 Å². The molecular formula is C17H29N. The van der Waals surface area contributed by atoms with Gasteiger partial charge in [0, 0.05) is 6.04 Å². The lowest BCUT2D eigenvalue weighted by Crippen LogP contribution is -2.19. The van der Waals surface area contributed by atoms with E-state index >= 15 is 0 Å². The Morgan fingerprint density at radius 3 is 2.22 bits per heavy atom. The number of benzene rings is 1. The molecule has 0 heterocycles. The molecule has 0 aromatic heterocycles. The molecule has 0 bridgehead atoms. The first-order chi connectivity index (χ1) is 8.65. The molecule has 1 aromatic carbocycles. The van der Waals surface area contributed by atoms with E-state index in [-0.39, 0.29) is 0 Å². The molecular weight excluding hydrogens is 218 g/mol. The summed E-state index contributed by atoms with van der Waals surface area (Å²) in [5, 5.41) is 3.47. The molecule has 0 saturated carbocycles. The molecule has 1 heteroatoms. The van der Waals surface area contributed by atoms with Crippen LogP contribution in [0, 0.1) is 5.92 Å². The molecule has 1 aromatic rings. The molecule has 0 amide bonds. The summed E-state index contributed by atoms with van der Waals surface area (Å²) < 4.78 is 0. The molecule has 2 atom stereocenters. The Hall–Kier alpha value is -0.820. The monoisotopic (exact) mass is 247 g/mol. The lowest BCUT2D eigenvalue weighted by Gasteiger charge is -2.21. The van der Waals surface area contributed by atoms with Crippen molar-refractivity contribution in [1.29, 1.82) is 0 Å². The van der Waals surface area contributed by atoms with Crippen LogP contribution in [0.2, 0.25) is 0 Å². The summed E-state index contributed by atoms with van der Waals surface area (Å²) in [6.07, 6.45) is 4.75. The molecule has 1 N–H and O–H groups in total. The molecule has 0 aliphatic rings. The molecule has 0 radical (unpaired) electrons. The van der Waals surface area contributed by atoms with Crippen molar-refractivity contribution >= 4 is 0 Å². The van der Waals surface area contributed by atoms with E-state index in [1.165, 1.54) is 29.5 Å². The second-order valence-corrected chi connectivity index (χ2v) is 5.33. The molecule has 1 nitrogen and oxygen atoms in total. The van der Waals surface area contributed by atoms with Crippen LogP contribution in [0.5, 0.6) is 0 Å². The van der Waals surface area contributed by atoms with Gasteiger partial charge in [-0.15, -0.1) is 0 Å². The largest absolute Gasteiger partial charge is 0.313 e. The van der Waals surface area contributed by atoms with E-state index in [1.54, 1.807) is 0 Å². The summed E-state index contributed by atoms with van der Waals surface area (Å²) in [5.74, 6) is 0.776. The van der Waals surface area contributed by atoms with Gasteiger partial charge in [-0.1, -0.05) is 52.3 Å². The van der Waals surface area contributed by atoms with Gasteiger partial charge >= 0.3 is 0 Å². The van der Waals surface area contributed by atoms with Crippen LogP contribution in [0.1, 0.15) is 63.3 Å². The third kappa shape index (κ3) is 3.84. The van der Waals surface area contributed by atoms with Crippen molar-refractivity contribution in [2.24, 2.45) is 5.92 Å². The van der Waals surface area contributed by atoms with E-state index in [0.717, 1.165) is 18.8 Å². The molecule has 102 valence electrons. The van der Waals surface area contributed by atoms with Gasteiger partial charge in [0.1, 0.15) is 0 Å².